The quantitative estimate of drug-likeness (QED) is 0.833. The second-order valence-electron chi connectivity index (χ2n) is 10.0. The Morgan fingerprint density at radius 3 is 2.50 bits per heavy atom. The van der Waals surface area contributed by atoms with Crippen molar-refractivity contribution in [3.8, 4) is 0 Å². The van der Waals surface area contributed by atoms with Gasteiger partial charge in [-0.2, -0.15) is 0 Å². The van der Waals surface area contributed by atoms with Gasteiger partial charge in [0.05, 0.1) is 6.10 Å². The lowest BCUT2D eigenvalue weighted by molar-refractivity contribution is -0.158. The summed E-state index contributed by atoms with van der Waals surface area (Å²) in [5.41, 5.74) is 1.28. The summed E-state index contributed by atoms with van der Waals surface area (Å²) >= 11 is 0. The van der Waals surface area contributed by atoms with Crippen LogP contribution in [0.4, 0.5) is 0 Å². The van der Waals surface area contributed by atoms with Gasteiger partial charge in [0, 0.05) is 37.5 Å². The second kappa shape index (κ2) is 8.33. The van der Waals surface area contributed by atoms with Crippen molar-refractivity contribution in [1.29, 1.82) is 0 Å². The number of rotatable bonds is 3. The Morgan fingerprint density at radius 1 is 1.00 bits per heavy atom. The zero-order valence-electron chi connectivity index (χ0n) is 17.8. The smallest absolute Gasteiger partial charge is 0.225 e. The number of amides is 2. The zero-order valence-corrected chi connectivity index (χ0v) is 17.8. The van der Waals surface area contributed by atoms with Gasteiger partial charge in [0.15, 0.2) is 0 Å². The molecule has 5 rings (SSSR count). The van der Waals surface area contributed by atoms with Gasteiger partial charge >= 0.3 is 0 Å². The molecule has 2 amide bonds. The molecule has 0 aromatic heterocycles. The van der Waals surface area contributed by atoms with E-state index < -0.39 is 0 Å². The van der Waals surface area contributed by atoms with E-state index in [1.54, 1.807) is 0 Å². The van der Waals surface area contributed by atoms with Crippen molar-refractivity contribution in [2.75, 3.05) is 13.1 Å². The van der Waals surface area contributed by atoms with Crippen LogP contribution in [-0.2, 0) is 16.0 Å². The molecule has 1 N–H and O–H groups in total. The van der Waals surface area contributed by atoms with Gasteiger partial charge in [-0.15, -0.1) is 0 Å². The van der Waals surface area contributed by atoms with Crippen LogP contribution in [-0.4, -0.2) is 58.0 Å². The summed E-state index contributed by atoms with van der Waals surface area (Å²) < 4.78 is 0. The van der Waals surface area contributed by atoms with Crippen molar-refractivity contribution in [2.24, 2.45) is 17.8 Å². The predicted octanol–water partition coefficient (Wildman–Crippen LogP) is 3.01. The van der Waals surface area contributed by atoms with E-state index in [1.165, 1.54) is 5.56 Å². The fourth-order valence-electron chi connectivity index (χ4n) is 6.65. The maximum atomic E-state index is 13.3. The highest BCUT2D eigenvalue weighted by Gasteiger charge is 2.50. The van der Waals surface area contributed by atoms with Crippen molar-refractivity contribution >= 4 is 11.8 Å². The van der Waals surface area contributed by atoms with Crippen molar-refractivity contribution in [2.45, 2.75) is 76.0 Å². The molecule has 3 saturated heterocycles. The van der Waals surface area contributed by atoms with Crippen LogP contribution in [0.2, 0.25) is 0 Å². The number of hydrogen-bond donors (Lipinski definition) is 1. The van der Waals surface area contributed by atoms with Crippen molar-refractivity contribution in [3.05, 3.63) is 35.9 Å². The summed E-state index contributed by atoms with van der Waals surface area (Å²) in [6, 6.07) is 11.0. The number of fused-ring (bicyclic) bond motifs is 4. The number of benzene rings is 1. The summed E-state index contributed by atoms with van der Waals surface area (Å²) in [6.07, 6.45) is 7.65. The van der Waals surface area contributed by atoms with Gasteiger partial charge in [-0.05, 0) is 68.8 Å². The molecule has 5 heteroatoms. The molecule has 4 atom stereocenters. The van der Waals surface area contributed by atoms with E-state index in [4.69, 9.17) is 0 Å². The lowest BCUT2D eigenvalue weighted by atomic mass is 9.70. The predicted molar refractivity (Wildman–Crippen MR) is 115 cm³/mol. The molecule has 3 heterocycles. The fourth-order valence-corrected chi connectivity index (χ4v) is 6.65. The molecule has 0 spiro atoms. The number of hydrogen-bond acceptors (Lipinski definition) is 3. The Labute approximate surface area is 179 Å². The number of carbonyl (C=O) groups excluding carboxylic acids is 2. The van der Waals surface area contributed by atoms with Crippen molar-refractivity contribution < 1.29 is 14.7 Å². The molecule has 1 aromatic carbocycles. The third kappa shape index (κ3) is 3.77. The first-order chi connectivity index (χ1) is 14.6. The van der Waals surface area contributed by atoms with Gasteiger partial charge in [-0.1, -0.05) is 30.3 Å². The molecule has 4 aliphatic rings. The number of aliphatic hydroxyl groups excluding tert-OH is 1. The Hall–Kier alpha value is -1.88. The lowest BCUT2D eigenvalue weighted by Gasteiger charge is -2.57. The van der Waals surface area contributed by atoms with Crippen LogP contribution in [0.25, 0.3) is 0 Å². The highest BCUT2D eigenvalue weighted by atomic mass is 16.3. The van der Waals surface area contributed by atoms with Crippen LogP contribution in [0.15, 0.2) is 30.3 Å². The molecule has 3 aliphatic heterocycles. The van der Waals surface area contributed by atoms with E-state index in [1.807, 2.05) is 6.07 Å². The number of carbonyl (C=O) groups is 2. The van der Waals surface area contributed by atoms with E-state index in [9.17, 15) is 14.7 Å². The second-order valence-corrected chi connectivity index (χ2v) is 10.0. The molecular weight excluding hydrogens is 376 g/mol. The molecule has 2 bridgehead atoms. The van der Waals surface area contributed by atoms with Crippen molar-refractivity contribution in [3.63, 3.8) is 0 Å². The Balaban J connectivity index is 1.37. The normalized spacial score (nSPS) is 36.4. The summed E-state index contributed by atoms with van der Waals surface area (Å²) in [5, 5.41) is 9.82. The molecule has 30 heavy (non-hydrogen) atoms. The topological polar surface area (TPSA) is 60.9 Å². The first kappa shape index (κ1) is 20.0. The number of likely N-dealkylation sites (tertiary alicyclic amines) is 1. The number of nitrogens with zero attached hydrogens (tertiary/aromatic N) is 2. The molecular formula is C25H34N2O3. The third-order valence-corrected chi connectivity index (χ3v) is 8.14. The van der Waals surface area contributed by atoms with E-state index in [-0.39, 0.29) is 18.1 Å². The first-order valence-corrected chi connectivity index (χ1v) is 11.9. The van der Waals surface area contributed by atoms with E-state index in [2.05, 4.69) is 34.1 Å². The van der Waals surface area contributed by atoms with Crippen LogP contribution in [0.1, 0.15) is 56.9 Å². The van der Waals surface area contributed by atoms with Gasteiger partial charge in [-0.3, -0.25) is 9.59 Å². The highest BCUT2D eigenvalue weighted by molar-refractivity contribution is 5.80. The summed E-state index contributed by atoms with van der Waals surface area (Å²) in [5.74, 6) is 1.47. The van der Waals surface area contributed by atoms with Crippen LogP contribution < -0.4 is 0 Å². The summed E-state index contributed by atoms with van der Waals surface area (Å²) in [6.45, 7) is 1.59. The van der Waals surface area contributed by atoms with Gasteiger partial charge in [-0.25, -0.2) is 0 Å². The first-order valence-electron chi connectivity index (χ1n) is 11.9. The Morgan fingerprint density at radius 2 is 1.73 bits per heavy atom. The molecule has 1 aromatic rings. The van der Waals surface area contributed by atoms with Gasteiger partial charge in [0.25, 0.3) is 0 Å². The number of piperidine rings is 3. The van der Waals surface area contributed by atoms with E-state index >= 15 is 0 Å². The maximum absolute atomic E-state index is 13.3. The summed E-state index contributed by atoms with van der Waals surface area (Å²) in [7, 11) is 0. The monoisotopic (exact) mass is 410 g/mol. The van der Waals surface area contributed by atoms with Crippen LogP contribution in [0, 0.1) is 17.8 Å². The fraction of sp³-hybridized carbons (Fsp3) is 0.680. The lowest BCUT2D eigenvalue weighted by Crippen LogP contribution is -2.66. The molecule has 162 valence electrons. The van der Waals surface area contributed by atoms with E-state index in [0.29, 0.717) is 36.1 Å². The van der Waals surface area contributed by atoms with Gasteiger partial charge in [0.2, 0.25) is 11.8 Å². The minimum Gasteiger partial charge on any atom is -0.393 e. The Bertz CT molecular complexity index is 774. The van der Waals surface area contributed by atoms with Crippen molar-refractivity contribution in [1.82, 2.24) is 9.80 Å². The third-order valence-electron chi connectivity index (χ3n) is 8.14. The molecule has 0 radical (unpaired) electrons. The van der Waals surface area contributed by atoms with E-state index in [0.717, 1.165) is 64.5 Å². The highest BCUT2D eigenvalue weighted by Crippen LogP contribution is 2.43. The largest absolute Gasteiger partial charge is 0.393 e. The van der Waals surface area contributed by atoms with Crippen LogP contribution in [0.3, 0.4) is 0 Å². The van der Waals surface area contributed by atoms with Gasteiger partial charge < -0.3 is 14.9 Å². The SMILES string of the molecule is O=C(C1CCC(O)CC1)N1C[C@H]2C[C@@H](C1)[C@H](Cc1ccccc1)N1C(=O)CCC[C@@H]21. The molecule has 1 aliphatic carbocycles. The minimum atomic E-state index is -0.230. The average molecular weight is 411 g/mol. The van der Waals surface area contributed by atoms with Crippen LogP contribution in [0.5, 0.6) is 0 Å². The Kier molecular flexibility index (Phi) is 5.57. The summed E-state index contributed by atoms with van der Waals surface area (Å²) in [4.78, 5) is 30.7. The van der Waals surface area contributed by atoms with Gasteiger partial charge in [0.1, 0.15) is 0 Å². The average Bonchev–Trinajstić information content (AvgIpc) is 2.77. The van der Waals surface area contributed by atoms with Crippen LogP contribution >= 0.6 is 0 Å². The minimum absolute atomic E-state index is 0.0730. The standard InChI is InChI=1S/C25H34N2O3/c28-21-11-9-18(10-12-21)25(30)26-15-19-14-20(16-26)23(13-17-5-2-1-3-6-17)27-22(19)7-4-8-24(27)29/h1-3,5-6,18-23,28H,4,7-16H2/t18?,19-,20+,21?,22+,23+/m1/s1. The number of aliphatic hydroxyl groups is 1. The molecule has 5 nitrogen and oxygen atoms in total. The maximum Gasteiger partial charge on any atom is 0.225 e. The molecule has 4 fully saturated rings. The zero-order chi connectivity index (χ0) is 20.7. The molecule has 1 saturated carbocycles. The molecule has 0 unspecified atom stereocenters.